The highest BCUT2D eigenvalue weighted by atomic mass is 35.5. The average molecular weight is 482 g/mol. The molecule has 1 aliphatic heterocycles. The summed E-state index contributed by atoms with van der Waals surface area (Å²) in [4.78, 5) is 27.8. The summed E-state index contributed by atoms with van der Waals surface area (Å²) in [5, 5.41) is 0.440. The second kappa shape index (κ2) is 10.2. The van der Waals surface area contributed by atoms with Crippen molar-refractivity contribution in [1.29, 1.82) is 0 Å². The molecular weight excluding hydrogens is 460 g/mol. The summed E-state index contributed by atoms with van der Waals surface area (Å²) in [5.41, 5.74) is 2.58. The fourth-order valence-corrected chi connectivity index (χ4v) is 4.38. The van der Waals surface area contributed by atoms with Crippen LogP contribution in [0.1, 0.15) is 36.0 Å². The minimum atomic E-state index is -1.000. The summed E-state index contributed by atoms with van der Waals surface area (Å²) in [7, 11) is 0. The van der Waals surface area contributed by atoms with Crippen molar-refractivity contribution < 1.29 is 23.1 Å². The smallest absolute Gasteiger partial charge is 0.336 e. The van der Waals surface area contributed by atoms with Gasteiger partial charge in [0, 0.05) is 23.1 Å². The van der Waals surface area contributed by atoms with E-state index in [9.17, 15) is 18.4 Å². The van der Waals surface area contributed by atoms with E-state index in [1.807, 2.05) is 30.3 Å². The standard InChI is InChI=1S/C27H22ClF2NO3/c1-17-26(27(33)34-16-18-7-3-2-4-8-18)21(20-9-5-6-10-22(20)28)14-25(32)31(17)15-19-11-12-23(29)24(30)13-19/h2-13,21H,14-16H2,1H3. The third-order valence-electron chi connectivity index (χ3n) is 5.86. The highest BCUT2D eigenvalue weighted by Crippen LogP contribution is 2.40. The van der Waals surface area contributed by atoms with Crippen LogP contribution in [0.5, 0.6) is 0 Å². The van der Waals surface area contributed by atoms with Crippen molar-refractivity contribution >= 4 is 23.5 Å². The molecule has 3 aromatic carbocycles. The number of amides is 1. The van der Waals surface area contributed by atoms with Gasteiger partial charge in [0.1, 0.15) is 6.61 Å². The van der Waals surface area contributed by atoms with Gasteiger partial charge in [-0.2, -0.15) is 0 Å². The quantitative estimate of drug-likeness (QED) is 0.397. The first-order valence-corrected chi connectivity index (χ1v) is 11.1. The predicted octanol–water partition coefficient (Wildman–Crippen LogP) is 6.15. The fourth-order valence-electron chi connectivity index (χ4n) is 4.11. The van der Waals surface area contributed by atoms with Gasteiger partial charge in [0.2, 0.25) is 5.91 Å². The van der Waals surface area contributed by atoms with Crippen molar-refractivity contribution in [2.45, 2.75) is 32.4 Å². The number of hydrogen-bond acceptors (Lipinski definition) is 3. The van der Waals surface area contributed by atoms with E-state index in [0.717, 1.165) is 17.7 Å². The number of ether oxygens (including phenoxy) is 1. The Morgan fingerprint density at radius 2 is 1.71 bits per heavy atom. The van der Waals surface area contributed by atoms with Gasteiger partial charge < -0.3 is 9.64 Å². The summed E-state index contributed by atoms with van der Waals surface area (Å²) in [5.74, 6) is -3.38. The second-order valence-electron chi connectivity index (χ2n) is 8.07. The molecule has 1 amide bonds. The van der Waals surface area contributed by atoms with Crippen molar-refractivity contribution in [2.24, 2.45) is 0 Å². The van der Waals surface area contributed by atoms with Crippen LogP contribution < -0.4 is 0 Å². The van der Waals surface area contributed by atoms with E-state index >= 15 is 0 Å². The molecule has 0 aliphatic carbocycles. The first kappa shape index (κ1) is 23.6. The van der Waals surface area contributed by atoms with Gasteiger partial charge in [0.25, 0.3) is 0 Å². The summed E-state index contributed by atoms with van der Waals surface area (Å²) >= 11 is 6.42. The maximum absolute atomic E-state index is 13.7. The van der Waals surface area contributed by atoms with Gasteiger partial charge in [-0.25, -0.2) is 13.6 Å². The Hall–Kier alpha value is -3.51. The molecule has 0 spiro atoms. The van der Waals surface area contributed by atoms with Gasteiger partial charge in [-0.15, -0.1) is 0 Å². The zero-order valence-corrected chi connectivity index (χ0v) is 19.2. The van der Waals surface area contributed by atoms with Gasteiger partial charge >= 0.3 is 5.97 Å². The predicted molar refractivity (Wildman–Crippen MR) is 125 cm³/mol. The lowest BCUT2D eigenvalue weighted by Gasteiger charge is -2.35. The summed E-state index contributed by atoms with van der Waals surface area (Å²) < 4.78 is 32.7. The Labute approximate surface area is 201 Å². The van der Waals surface area contributed by atoms with Crippen molar-refractivity contribution in [1.82, 2.24) is 4.90 Å². The van der Waals surface area contributed by atoms with Crippen molar-refractivity contribution in [3.05, 3.63) is 117 Å². The van der Waals surface area contributed by atoms with Crippen LogP contribution in [0, 0.1) is 11.6 Å². The number of hydrogen-bond donors (Lipinski definition) is 0. The number of carbonyl (C=O) groups is 2. The lowest BCUT2D eigenvalue weighted by atomic mass is 9.83. The van der Waals surface area contributed by atoms with E-state index in [-0.39, 0.29) is 25.5 Å². The van der Waals surface area contributed by atoms with Crippen molar-refractivity contribution in [3.63, 3.8) is 0 Å². The summed E-state index contributed by atoms with van der Waals surface area (Å²) in [6.07, 6.45) is -0.0134. The summed E-state index contributed by atoms with van der Waals surface area (Å²) in [6.45, 7) is 1.72. The molecule has 4 rings (SSSR count). The van der Waals surface area contributed by atoms with E-state index in [1.165, 1.54) is 11.0 Å². The van der Waals surface area contributed by atoms with E-state index in [1.54, 1.807) is 31.2 Å². The number of halogens is 3. The molecule has 4 nitrogen and oxygen atoms in total. The van der Waals surface area contributed by atoms with Gasteiger partial charge in [0.15, 0.2) is 11.6 Å². The lowest BCUT2D eigenvalue weighted by Crippen LogP contribution is -2.38. The molecule has 7 heteroatoms. The molecule has 1 atom stereocenters. The van der Waals surface area contributed by atoms with Crippen LogP contribution in [-0.4, -0.2) is 16.8 Å². The van der Waals surface area contributed by atoms with Crippen molar-refractivity contribution in [3.8, 4) is 0 Å². The molecule has 174 valence electrons. The number of carbonyl (C=O) groups excluding carboxylic acids is 2. The molecule has 0 bridgehead atoms. The lowest BCUT2D eigenvalue weighted by molar-refractivity contribution is -0.141. The number of nitrogens with zero attached hydrogens (tertiary/aromatic N) is 1. The van der Waals surface area contributed by atoms with Crippen LogP contribution >= 0.6 is 11.6 Å². The maximum Gasteiger partial charge on any atom is 0.336 e. The molecule has 3 aromatic rings. The van der Waals surface area contributed by atoms with E-state index in [4.69, 9.17) is 16.3 Å². The Balaban J connectivity index is 1.70. The minimum Gasteiger partial charge on any atom is -0.457 e. The van der Waals surface area contributed by atoms with Crippen LogP contribution in [0.2, 0.25) is 5.02 Å². The Morgan fingerprint density at radius 1 is 1.00 bits per heavy atom. The monoisotopic (exact) mass is 481 g/mol. The third-order valence-corrected chi connectivity index (χ3v) is 6.21. The minimum absolute atomic E-state index is 0.00737. The molecule has 34 heavy (non-hydrogen) atoms. The molecule has 0 N–H and O–H groups in total. The molecular formula is C27H22ClF2NO3. The fraction of sp³-hybridized carbons (Fsp3) is 0.185. The van der Waals surface area contributed by atoms with Crippen LogP contribution in [0.4, 0.5) is 8.78 Å². The van der Waals surface area contributed by atoms with Gasteiger partial charge in [-0.1, -0.05) is 66.2 Å². The molecule has 0 fully saturated rings. The molecule has 0 aromatic heterocycles. The van der Waals surface area contributed by atoms with Crippen LogP contribution in [-0.2, 0) is 27.5 Å². The average Bonchev–Trinajstić information content (AvgIpc) is 2.83. The topological polar surface area (TPSA) is 46.6 Å². The Bertz CT molecular complexity index is 1260. The molecule has 1 unspecified atom stereocenters. The highest BCUT2D eigenvalue weighted by molar-refractivity contribution is 6.31. The summed E-state index contributed by atoms with van der Waals surface area (Å²) in [6, 6.07) is 19.8. The van der Waals surface area contributed by atoms with Crippen LogP contribution in [0.3, 0.4) is 0 Å². The van der Waals surface area contributed by atoms with E-state index < -0.39 is 23.5 Å². The van der Waals surface area contributed by atoms with E-state index in [0.29, 0.717) is 27.4 Å². The number of allylic oxidation sites excluding steroid dienone is 1. The SMILES string of the molecule is CC1=C(C(=O)OCc2ccccc2)C(c2ccccc2Cl)CC(=O)N1Cc1ccc(F)c(F)c1. The van der Waals surface area contributed by atoms with E-state index in [2.05, 4.69) is 0 Å². The number of esters is 1. The van der Waals surface area contributed by atoms with Crippen LogP contribution in [0.15, 0.2) is 84.1 Å². The Morgan fingerprint density at radius 3 is 2.41 bits per heavy atom. The first-order valence-electron chi connectivity index (χ1n) is 10.8. The first-order chi connectivity index (χ1) is 16.3. The highest BCUT2D eigenvalue weighted by Gasteiger charge is 2.37. The molecule has 0 saturated carbocycles. The van der Waals surface area contributed by atoms with Gasteiger partial charge in [-0.3, -0.25) is 4.79 Å². The number of rotatable bonds is 6. The molecule has 1 aliphatic rings. The molecule has 1 heterocycles. The second-order valence-corrected chi connectivity index (χ2v) is 8.47. The third kappa shape index (κ3) is 5.02. The molecule has 0 saturated heterocycles. The zero-order valence-electron chi connectivity index (χ0n) is 18.4. The van der Waals surface area contributed by atoms with Gasteiger partial charge in [0.05, 0.1) is 12.1 Å². The van der Waals surface area contributed by atoms with Crippen molar-refractivity contribution in [2.75, 3.05) is 0 Å². The number of benzene rings is 3. The normalized spacial score (nSPS) is 16.1. The molecule has 0 radical (unpaired) electrons. The van der Waals surface area contributed by atoms with Crippen LogP contribution in [0.25, 0.3) is 0 Å². The largest absolute Gasteiger partial charge is 0.457 e. The van der Waals surface area contributed by atoms with Gasteiger partial charge in [-0.05, 0) is 41.8 Å². The Kier molecular flexibility index (Phi) is 7.08. The zero-order chi connectivity index (χ0) is 24.2. The maximum atomic E-state index is 13.7.